The van der Waals surface area contributed by atoms with Crippen molar-refractivity contribution in [2.75, 3.05) is 6.61 Å². The average Bonchev–Trinajstić information content (AvgIpc) is 3.10. The Balaban J connectivity index is 1.97. The minimum Gasteiger partial charge on any atom is -0.492 e. The number of rotatable bonds is 4. The zero-order chi connectivity index (χ0) is 20.2. The lowest BCUT2D eigenvalue weighted by Gasteiger charge is -2.26. The second-order valence-corrected chi connectivity index (χ2v) is 10.1. The van der Waals surface area contributed by atoms with Crippen LogP contribution in [0.4, 0.5) is 0 Å². The number of hydrogen-bond donors (Lipinski definition) is 1. The fraction of sp³-hybridized carbons (Fsp3) is 0.542. The number of ether oxygens (including phenoxy) is 1. The lowest BCUT2D eigenvalue weighted by atomic mass is 9.77. The number of carboxylic acid groups (broad SMARTS) is 1. The molecule has 146 valence electrons. The second-order valence-electron chi connectivity index (χ2n) is 10.1. The SMILES string of the molecule is CC(C=C[C@@H]1C[C@]1(C)c1cc(C(C)(C)C)c2c(c1)C(C)(C)CO2)=CC(=O)O. The van der Waals surface area contributed by atoms with Gasteiger partial charge in [0.05, 0.1) is 6.61 Å². The van der Waals surface area contributed by atoms with Gasteiger partial charge in [-0.15, -0.1) is 0 Å². The first kappa shape index (κ1) is 19.7. The molecule has 1 saturated carbocycles. The van der Waals surface area contributed by atoms with Crippen LogP contribution in [0, 0.1) is 5.92 Å². The third-order valence-electron chi connectivity index (χ3n) is 6.11. The summed E-state index contributed by atoms with van der Waals surface area (Å²) in [6.45, 7) is 16.1. The zero-order valence-corrected chi connectivity index (χ0v) is 17.6. The molecule has 1 aromatic rings. The topological polar surface area (TPSA) is 46.5 Å². The van der Waals surface area contributed by atoms with Crippen LogP contribution in [0.15, 0.2) is 35.9 Å². The summed E-state index contributed by atoms with van der Waals surface area (Å²) < 4.78 is 6.13. The Morgan fingerprint density at radius 1 is 1.26 bits per heavy atom. The molecule has 0 saturated heterocycles. The third kappa shape index (κ3) is 3.69. The molecule has 2 aliphatic rings. The second kappa shape index (κ2) is 6.25. The van der Waals surface area contributed by atoms with Crippen LogP contribution in [-0.2, 0) is 21.0 Å². The average molecular weight is 369 g/mol. The molecule has 3 heteroatoms. The molecule has 1 N–H and O–H groups in total. The van der Waals surface area contributed by atoms with Gasteiger partial charge in [-0.1, -0.05) is 65.8 Å². The van der Waals surface area contributed by atoms with E-state index in [-0.39, 0.29) is 16.2 Å². The molecule has 27 heavy (non-hydrogen) atoms. The summed E-state index contributed by atoms with van der Waals surface area (Å²) >= 11 is 0. The van der Waals surface area contributed by atoms with Crippen LogP contribution < -0.4 is 4.74 Å². The minimum absolute atomic E-state index is 0.0257. The number of fused-ring (bicyclic) bond motifs is 1. The van der Waals surface area contributed by atoms with Crippen molar-refractivity contribution in [1.82, 2.24) is 0 Å². The van der Waals surface area contributed by atoms with E-state index < -0.39 is 5.97 Å². The van der Waals surface area contributed by atoms with Crippen molar-refractivity contribution in [3.8, 4) is 5.75 Å². The van der Waals surface area contributed by atoms with Crippen molar-refractivity contribution in [1.29, 1.82) is 0 Å². The van der Waals surface area contributed by atoms with Crippen molar-refractivity contribution in [3.05, 3.63) is 52.6 Å². The quantitative estimate of drug-likeness (QED) is 0.562. The van der Waals surface area contributed by atoms with Gasteiger partial charge in [-0.25, -0.2) is 4.79 Å². The largest absolute Gasteiger partial charge is 0.492 e. The molecule has 1 aromatic carbocycles. The molecule has 0 radical (unpaired) electrons. The van der Waals surface area contributed by atoms with Gasteiger partial charge in [0.25, 0.3) is 0 Å². The fourth-order valence-electron chi connectivity index (χ4n) is 4.03. The molecular weight excluding hydrogens is 336 g/mol. The number of allylic oxidation sites excluding steroid dienone is 3. The summed E-state index contributed by atoms with van der Waals surface area (Å²) in [5.41, 5.74) is 4.92. The maximum absolute atomic E-state index is 10.8. The molecule has 2 atom stereocenters. The highest BCUT2D eigenvalue weighted by Crippen LogP contribution is 2.57. The Labute approximate surface area is 163 Å². The number of aliphatic carboxylic acids is 1. The van der Waals surface area contributed by atoms with Gasteiger partial charge in [0, 0.05) is 22.6 Å². The lowest BCUT2D eigenvalue weighted by Crippen LogP contribution is -2.19. The predicted molar refractivity (Wildman–Crippen MR) is 110 cm³/mol. The minimum atomic E-state index is -0.897. The molecular formula is C24H32O3. The highest BCUT2D eigenvalue weighted by molar-refractivity contribution is 5.81. The van der Waals surface area contributed by atoms with Crippen molar-refractivity contribution < 1.29 is 14.6 Å². The highest BCUT2D eigenvalue weighted by atomic mass is 16.5. The van der Waals surface area contributed by atoms with Crippen LogP contribution in [0.1, 0.15) is 71.6 Å². The number of hydrogen-bond acceptors (Lipinski definition) is 2. The Kier molecular flexibility index (Phi) is 4.57. The number of carboxylic acids is 1. The molecule has 0 bridgehead atoms. The fourth-order valence-corrected chi connectivity index (χ4v) is 4.03. The maximum Gasteiger partial charge on any atom is 0.328 e. The first-order valence-corrected chi connectivity index (χ1v) is 9.76. The van der Waals surface area contributed by atoms with E-state index in [0.29, 0.717) is 5.92 Å². The molecule has 0 aromatic heterocycles. The lowest BCUT2D eigenvalue weighted by molar-refractivity contribution is -0.131. The van der Waals surface area contributed by atoms with Crippen LogP contribution in [0.5, 0.6) is 5.75 Å². The van der Waals surface area contributed by atoms with E-state index in [1.165, 1.54) is 22.8 Å². The Morgan fingerprint density at radius 3 is 2.52 bits per heavy atom. The van der Waals surface area contributed by atoms with Crippen LogP contribution in [-0.4, -0.2) is 17.7 Å². The van der Waals surface area contributed by atoms with Crippen molar-refractivity contribution in [2.45, 2.75) is 71.1 Å². The molecule has 1 aliphatic heterocycles. The van der Waals surface area contributed by atoms with Gasteiger partial charge in [0.2, 0.25) is 0 Å². The van der Waals surface area contributed by atoms with E-state index in [1.807, 2.05) is 13.0 Å². The first-order chi connectivity index (χ1) is 12.3. The van der Waals surface area contributed by atoms with Crippen molar-refractivity contribution in [2.24, 2.45) is 5.92 Å². The Bertz CT molecular complexity index is 836. The predicted octanol–water partition coefficient (Wildman–Crippen LogP) is 5.52. The molecule has 1 fully saturated rings. The standard InChI is InChI=1S/C24H32O3/c1-15(10-20(25)26)8-9-16-13-24(16,7)17-11-18(22(2,3)4)21-19(12-17)23(5,6)14-27-21/h8-12,16H,13-14H2,1-7H3,(H,25,26)/t16-,24+/m1/s1. The molecule has 0 amide bonds. The zero-order valence-electron chi connectivity index (χ0n) is 17.6. The third-order valence-corrected chi connectivity index (χ3v) is 6.11. The van der Waals surface area contributed by atoms with Crippen molar-refractivity contribution >= 4 is 5.97 Å². The van der Waals surface area contributed by atoms with Gasteiger partial charge in [-0.2, -0.15) is 0 Å². The van der Waals surface area contributed by atoms with Crippen LogP contribution in [0.25, 0.3) is 0 Å². The van der Waals surface area contributed by atoms with Gasteiger partial charge >= 0.3 is 5.97 Å². The van der Waals surface area contributed by atoms with Crippen molar-refractivity contribution in [3.63, 3.8) is 0 Å². The number of carbonyl (C=O) groups is 1. The summed E-state index contributed by atoms with van der Waals surface area (Å²) in [4.78, 5) is 10.8. The Morgan fingerprint density at radius 2 is 1.93 bits per heavy atom. The van der Waals surface area contributed by atoms with Crippen LogP contribution >= 0.6 is 0 Å². The van der Waals surface area contributed by atoms with E-state index >= 15 is 0 Å². The molecule has 1 aliphatic carbocycles. The van der Waals surface area contributed by atoms with Gasteiger partial charge in [0.1, 0.15) is 5.75 Å². The Hall–Kier alpha value is -2.03. The van der Waals surface area contributed by atoms with E-state index in [0.717, 1.165) is 24.4 Å². The summed E-state index contributed by atoms with van der Waals surface area (Å²) in [7, 11) is 0. The monoisotopic (exact) mass is 368 g/mol. The van der Waals surface area contributed by atoms with Crippen LogP contribution in [0.2, 0.25) is 0 Å². The molecule has 0 unspecified atom stereocenters. The maximum atomic E-state index is 10.8. The normalized spacial score (nSPS) is 26.8. The van der Waals surface area contributed by atoms with E-state index in [2.05, 4.69) is 59.8 Å². The van der Waals surface area contributed by atoms with Gasteiger partial charge in [-0.05, 0) is 41.2 Å². The molecule has 1 heterocycles. The summed E-state index contributed by atoms with van der Waals surface area (Å²) in [5, 5.41) is 8.87. The summed E-state index contributed by atoms with van der Waals surface area (Å²) in [6, 6.07) is 4.69. The molecule has 3 rings (SSSR count). The van der Waals surface area contributed by atoms with E-state index in [9.17, 15) is 4.79 Å². The van der Waals surface area contributed by atoms with Crippen LogP contribution in [0.3, 0.4) is 0 Å². The summed E-state index contributed by atoms with van der Waals surface area (Å²) in [6.07, 6.45) is 6.45. The van der Waals surface area contributed by atoms with Gasteiger partial charge in [-0.3, -0.25) is 0 Å². The smallest absolute Gasteiger partial charge is 0.328 e. The first-order valence-electron chi connectivity index (χ1n) is 9.76. The molecule has 0 spiro atoms. The highest BCUT2D eigenvalue weighted by Gasteiger charge is 2.51. The summed E-state index contributed by atoms with van der Waals surface area (Å²) in [5.74, 6) is 0.616. The molecule has 3 nitrogen and oxygen atoms in total. The number of benzene rings is 1. The van der Waals surface area contributed by atoms with Gasteiger partial charge < -0.3 is 9.84 Å². The van der Waals surface area contributed by atoms with E-state index in [1.54, 1.807) is 0 Å². The van der Waals surface area contributed by atoms with Gasteiger partial charge in [0.15, 0.2) is 0 Å². The van der Waals surface area contributed by atoms with E-state index in [4.69, 9.17) is 9.84 Å².